The molecule has 0 radical (unpaired) electrons. The van der Waals surface area contributed by atoms with Crippen molar-refractivity contribution >= 4 is 17.8 Å². The number of carbonyl (C=O) groups excluding carboxylic acids is 3. The summed E-state index contributed by atoms with van der Waals surface area (Å²) in [6, 6.07) is 6.85. The van der Waals surface area contributed by atoms with Crippen molar-refractivity contribution in [2.24, 2.45) is 0 Å². The number of hydrogen-bond acceptors (Lipinski definition) is 5. The largest absolute Gasteiger partial charge is 0.484 e. The van der Waals surface area contributed by atoms with Crippen LogP contribution in [0, 0.1) is 0 Å². The first-order chi connectivity index (χ1) is 15.9. The fraction of sp³-hybridized carbons (Fsp3) is 0.577. The van der Waals surface area contributed by atoms with E-state index in [4.69, 9.17) is 9.47 Å². The van der Waals surface area contributed by atoms with Crippen LogP contribution in [0.5, 0.6) is 5.75 Å². The van der Waals surface area contributed by atoms with Gasteiger partial charge in [-0.15, -0.1) is 0 Å². The number of amides is 2. The molecule has 1 heterocycles. The molecule has 0 saturated carbocycles. The quantitative estimate of drug-likeness (QED) is 0.448. The summed E-state index contributed by atoms with van der Waals surface area (Å²) in [5, 5.41) is 2.79. The summed E-state index contributed by atoms with van der Waals surface area (Å²) in [4.78, 5) is 38.6. The molecule has 1 aromatic carbocycles. The Balaban J connectivity index is 1.37. The summed E-state index contributed by atoms with van der Waals surface area (Å²) in [5.41, 5.74) is 1.72. The molecular weight excluding hydrogens is 420 g/mol. The first-order valence-electron chi connectivity index (χ1n) is 12.1. The molecule has 0 spiro atoms. The molecular formula is C26H36N2O5. The Hall–Kier alpha value is -2.83. The van der Waals surface area contributed by atoms with Crippen LogP contribution in [0.1, 0.15) is 75.6 Å². The molecule has 2 aliphatic rings. The molecule has 7 heteroatoms. The lowest BCUT2D eigenvalue weighted by Gasteiger charge is -2.38. The Morgan fingerprint density at radius 1 is 1.00 bits per heavy atom. The molecule has 180 valence electrons. The molecule has 7 nitrogen and oxygen atoms in total. The van der Waals surface area contributed by atoms with Crippen LogP contribution in [0.4, 0.5) is 0 Å². The summed E-state index contributed by atoms with van der Waals surface area (Å²) < 4.78 is 10.7. The first-order valence-corrected chi connectivity index (χ1v) is 12.1. The smallest absolute Gasteiger partial charge is 0.338 e. The maximum Gasteiger partial charge on any atom is 0.338 e. The van der Waals surface area contributed by atoms with Crippen LogP contribution in [-0.4, -0.2) is 54.5 Å². The molecule has 2 atom stereocenters. The van der Waals surface area contributed by atoms with E-state index in [-0.39, 0.29) is 37.1 Å². The van der Waals surface area contributed by atoms with Crippen molar-refractivity contribution < 1.29 is 23.9 Å². The number of esters is 1. The van der Waals surface area contributed by atoms with Crippen molar-refractivity contribution in [2.75, 3.05) is 19.8 Å². The van der Waals surface area contributed by atoms with Crippen LogP contribution in [0.15, 0.2) is 35.9 Å². The zero-order valence-electron chi connectivity index (χ0n) is 19.8. The second-order valence-corrected chi connectivity index (χ2v) is 9.03. The van der Waals surface area contributed by atoms with Crippen LogP contribution in [0.25, 0.3) is 0 Å². The number of likely N-dealkylation sites (tertiary alicyclic amines) is 1. The molecule has 2 unspecified atom stereocenters. The molecule has 2 amide bonds. The number of nitrogens with one attached hydrogen (secondary N) is 1. The Labute approximate surface area is 196 Å². The van der Waals surface area contributed by atoms with Gasteiger partial charge in [-0.1, -0.05) is 11.6 Å². The number of allylic oxidation sites excluding steroid dienone is 1. The summed E-state index contributed by atoms with van der Waals surface area (Å²) in [7, 11) is 0. The maximum atomic E-state index is 12.6. The molecule has 1 saturated heterocycles. The summed E-state index contributed by atoms with van der Waals surface area (Å²) in [5.74, 6) is -0.394. The van der Waals surface area contributed by atoms with E-state index in [0.29, 0.717) is 17.9 Å². The number of benzene rings is 1. The average molecular weight is 457 g/mol. The van der Waals surface area contributed by atoms with Gasteiger partial charge in [0.25, 0.3) is 11.8 Å². The fourth-order valence-corrected chi connectivity index (χ4v) is 4.58. The third-order valence-electron chi connectivity index (χ3n) is 6.42. The number of carbonyl (C=O) groups is 3. The van der Waals surface area contributed by atoms with Gasteiger partial charge in [0, 0.05) is 18.6 Å². The van der Waals surface area contributed by atoms with E-state index in [2.05, 4.69) is 25.2 Å². The monoisotopic (exact) mass is 456 g/mol. The van der Waals surface area contributed by atoms with Gasteiger partial charge < -0.3 is 19.7 Å². The van der Waals surface area contributed by atoms with Gasteiger partial charge in [0.15, 0.2) is 13.2 Å². The Morgan fingerprint density at radius 3 is 2.39 bits per heavy atom. The van der Waals surface area contributed by atoms with Gasteiger partial charge in [0.1, 0.15) is 5.75 Å². The van der Waals surface area contributed by atoms with Crippen molar-refractivity contribution in [3.05, 3.63) is 41.5 Å². The third kappa shape index (κ3) is 7.62. The van der Waals surface area contributed by atoms with E-state index < -0.39 is 5.97 Å². The van der Waals surface area contributed by atoms with E-state index in [1.807, 2.05) is 4.90 Å². The molecule has 0 bridgehead atoms. The van der Waals surface area contributed by atoms with Crippen LogP contribution in [0.2, 0.25) is 0 Å². The second-order valence-electron chi connectivity index (χ2n) is 9.03. The molecule has 3 rings (SSSR count). The van der Waals surface area contributed by atoms with E-state index in [1.54, 1.807) is 24.3 Å². The lowest BCUT2D eigenvalue weighted by Crippen LogP contribution is -2.49. The fourth-order valence-electron chi connectivity index (χ4n) is 4.58. The zero-order valence-corrected chi connectivity index (χ0v) is 19.8. The Kier molecular flexibility index (Phi) is 9.34. The van der Waals surface area contributed by atoms with Crippen molar-refractivity contribution in [1.29, 1.82) is 0 Å². The van der Waals surface area contributed by atoms with E-state index in [0.717, 1.165) is 38.5 Å². The Bertz CT molecular complexity index is 839. The van der Waals surface area contributed by atoms with Gasteiger partial charge in [-0.05, 0) is 89.5 Å². The van der Waals surface area contributed by atoms with Crippen LogP contribution in [0.3, 0.4) is 0 Å². The molecule has 1 aliphatic heterocycles. The maximum absolute atomic E-state index is 12.6. The van der Waals surface area contributed by atoms with E-state index in [9.17, 15) is 14.4 Å². The number of ether oxygens (including phenoxy) is 2. The molecule has 1 fully saturated rings. The van der Waals surface area contributed by atoms with Gasteiger partial charge in [-0.2, -0.15) is 0 Å². The summed E-state index contributed by atoms with van der Waals surface area (Å²) in [6.45, 7) is 4.36. The second kappa shape index (κ2) is 12.4. The lowest BCUT2D eigenvalue weighted by atomic mass is 9.97. The zero-order chi connectivity index (χ0) is 23.6. The highest BCUT2D eigenvalue weighted by Crippen LogP contribution is 2.23. The van der Waals surface area contributed by atoms with Crippen LogP contribution < -0.4 is 10.1 Å². The number of nitrogens with zero attached hydrogens (tertiary/aromatic N) is 1. The van der Waals surface area contributed by atoms with Crippen molar-refractivity contribution in [3.8, 4) is 5.75 Å². The number of hydrogen-bond donors (Lipinski definition) is 1. The van der Waals surface area contributed by atoms with Crippen LogP contribution >= 0.6 is 0 Å². The predicted octanol–water partition coefficient (Wildman–Crippen LogP) is 4.02. The minimum atomic E-state index is -0.571. The highest BCUT2D eigenvalue weighted by Gasteiger charge is 2.29. The van der Waals surface area contributed by atoms with Gasteiger partial charge in [0.05, 0.1) is 5.56 Å². The molecule has 0 aromatic heterocycles. The molecule has 1 aromatic rings. The van der Waals surface area contributed by atoms with Crippen molar-refractivity contribution in [2.45, 2.75) is 77.3 Å². The summed E-state index contributed by atoms with van der Waals surface area (Å²) in [6.07, 6.45) is 11.0. The molecule has 33 heavy (non-hydrogen) atoms. The SMILES string of the molecule is CC1CCCC(C)N1C(=O)COc1ccc(C(=O)OCC(=O)NCCC2=CCCCC2)cc1. The van der Waals surface area contributed by atoms with Crippen LogP contribution in [-0.2, 0) is 14.3 Å². The third-order valence-corrected chi connectivity index (χ3v) is 6.42. The number of piperidine rings is 1. The Morgan fingerprint density at radius 2 is 1.73 bits per heavy atom. The minimum Gasteiger partial charge on any atom is -0.484 e. The van der Waals surface area contributed by atoms with E-state index in [1.165, 1.54) is 18.4 Å². The molecule has 1 aliphatic carbocycles. The first kappa shape index (κ1) is 24.8. The predicted molar refractivity (Wildman–Crippen MR) is 126 cm³/mol. The molecule has 1 N–H and O–H groups in total. The van der Waals surface area contributed by atoms with Crippen molar-refractivity contribution in [1.82, 2.24) is 10.2 Å². The van der Waals surface area contributed by atoms with Gasteiger partial charge in [0.2, 0.25) is 0 Å². The lowest BCUT2D eigenvalue weighted by molar-refractivity contribution is -0.139. The van der Waals surface area contributed by atoms with Gasteiger partial charge in [-0.3, -0.25) is 9.59 Å². The van der Waals surface area contributed by atoms with E-state index >= 15 is 0 Å². The number of rotatable bonds is 9. The average Bonchev–Trinajstić information content (AvgIpc) is 2.82. The topological polar surface area (TPSA) is 84.9 Å². The highest BCUT2D eigenvalue weighted by atomic mass is 16.5. The normalized spacial score (nSPS) is 20.5. The standard InChI is InChI=1S/C26H36N2O5/c1-19-7-6-8-20(2)28(19)25(30)18-32-23-13-11-22(12-14-23)26(31)33-17-24(29)27-16-15-21-9-4-3-5-10-21/h9,11-14,19-20H,3-8,10,15-18H2,1-2H3,(H,27,29). The summed E-state index contributed by atoms with van der Waals surface area (Å²) >= 11 is 0. The van der Waals surface area contributed by atoms with Gasteiger partial charge >= 0.3 is 5.97 Å². The van der Waals surface area contributed by atoms with Gasteiger partial charge in [-0.25, -0.2) is 4.79 Å². The minimum absolute atomic E-state index is 0.0241. The van der Waals surface area contributed by atoms with Crippen molar-refractivity contribution in [3.63, 3.8) is 0 Å². The highest BCUT2D eigenvalue weighted by molar-refractivity contribution is 5.91.